The Labute approximate surface area is 172 Å². The monoisotopic (exact) mass is 413 g/mol. The van der Waals surface area contributed by atoms with Crippen molar-refractivity contribution < 1.29 is 4.79 Å². The van der Waals surface area contributed by atoms with Gasteiger partial charge in [-0.1, -0.05) is 60.6 Å². The van der Waals surface area contributed by atoms with Gasteiger partial charge in [-0.3, -0.25) is 4.79 Å². The maximum Gasteiger partial charge on any atom is 0.240 e. The van der Waals surface area contributed by atoms with Crippen LogP contribution in [0.2, 0.25) is 5.02 Å². The molecular formula is C20H20ClN5OS. The quantitative estimate of drug-likeness (QED) is 0.653. The molecule has 8 heteroatoms. The summed E-state index contributed by atoms with van der Waals surface area (Å²) in [4.78, 5) is 13.1. The van der Waals surface area contributed by atoms with E-state index in [2.05, 4.69) is 27.9 Å². The molecule has 0 aliphatic carbocycles. The van der Waals surface area contributed by atoms with Crippen molar-refractivity contribution in [1.29, 1.82) is 0 Å². The Hall–Kier alpha value is -2.51. The second kappa shape index (κ2) is 8.24. The van der Waals surface area contributed by atoms with Gasteiger partial charge in [-0.05, 0) is 36.2 Å². The van der Waals surface area contributed by atoms with Crippen LogP contribution in [0.3, 0.4) is 0 Å². The van der Waals surface area contributed by atoms with Gasteiger partial charge in [-0.25, -0.2) is 4.68 Å². The third-order valence-electron chi connectivity index (χ3n) is 4.51. The van der Waals surface area contributed by atoms with E-state index in [-0.39, 0.29) is 11.9 Å². The van der Waals surface area contributed by atoms with Crippen LogP contribution in [-0.4, -0.2) is 26.0 Å². The number of thioether (sulfide) groups is 1. The minimum absolute atomic E-state index is 0.0973. The van der Waals surface area contributed by atoms with Crippen molar-refractivity contribution in [1.82, 2.24) is 14.9 Å². The SMILES string of the molecule is CCCc1nnc2n1N[C@H](c1ccccc1)[C@@H](C(=O)Nc1ccc(Cl)cc1)S2. The first-order chi connectivity index (χ1) is 13.7. The van der Waals surface area contributed by atoms with Crippen molar-refractivity contribution >= 4 is 35.0 Å². The highest BCUT2D eigenvalue weighted by Gasteiger charge is 2.37. The van der Waals surface area contributed by atoms with Crippen molar-refractivity contribution in [2.45, 2.75) is 36.2 Å². The van der Waals surface area contributed by atoms with E-state index < -0.39 is 5.25 Å². The lowest BCUT2D eigenvalue weighted by Gasteiger charge is -2.33. The molecule has 1 aliphatic heterocycles. The number of carbonyl (C=O) groups excluding carboxylic acids is 1. The largest absolute Gasteiger partial charge is 0.325 e. The summed E-state index contributed by atoms with van der Waals surface area (Å²) in [7, 11) is 0. The molecule has 3 aromatic rings. The van der Waals surface area contributed by atoms with Crippen molar-refractivity contribution in [2.24, 2.45) is 0 Å². The number of carbonyl (C=O) groups is 1. The number of nitrogens with one attached hydrogen (secondary N) is 2. The summed E-state index contributed by atoms with van der Waals surface area (Å²) in [5.41, 5.74) is 5.21. The second-order valence-corrected chi connectivity index (χ2v) is 8.08. The van der Waals surface area contributed by atoms with E-state index in [1.54, 1.807) is 24.3 Å². The molecule has 28 heavy (non-hydrogen) atoms. The lowest BCUT2D eigenvalue weighted by Crippen LogP contribution is -2.41. The highest BCUT2D eigenvalue weighted by Crippen LogP contribution is 2.37. The van der Waals surface area contributed by atoms with Gasteiger partial charge >= 0.3 is 0 Å². The van der Waals surface area contributed by atoms with Gasteiger partial charge in [-0.15, -0.1) is 10.2 Å². The number of nitrogens with zero attached hydrogens (tertiary/aromatic N) is 3. The summed E-state index contributed by atoms with van der Waals surface area (Å²) >= 11 is 7.37. The van der Waals surface area contributed by atoms with Crippen LogP contribution in [0.5, 0.6) is 0 Å². The van der Waals surface area contributed by atoms with Crippen molar-refractivity contribution in [3.05, 3.63) is 71.0 Å². The fraction of sp³-hybridized carbons (Fsp3) is 0.250. The van der Waals surface area contributed by atoms with Crippen LogP contribution in [-0.2, 0) is 11.2 Å². The molecular weight excluding hydrogens is 394 g/mol. The Kier molecular flexibility index (Phi) is 5.54. The molecule has 1 aromatic heterocycles. The van der Waals surface area contributed by atoms with Gasteiger partial charge in [0.25, 0.3) is 0 Å². The first-order valence-corrected chi connectivity index (χ1v) is 10.4. The van der Waals surface area contributed by atoms with Crippen LogP contribution in [0.1, 0.15) is 30.8 Å². The first-order valence-electron chi connectivity index (χ1n) is 9.14. The number of hydrogen-bond acceptors (Lipinski definition) is 5. The van der Waals surface area contributed by atoms with E-state index in [4.69, 9.17) is 11.6 Å². The van der Waals surface area contributed by atoms with Crippen molar-refractivity contribution in [3.8, 4) is 0 Å². The number of rotatable bonds is 5. The van der Waals surface area contributed by atoms with Gasteiger partial charge in [0.05, 0.1) is 6.04 Å². The molecule has 2 atom stereocenters. The average Bonchev–Trinajstić information content (AvgIpc) is 3.12. The normalized spacial score (nSPS) is 18.2. The van der Waals surface area contributed by atoms with Gasteiger partial charge in [0.1, 0.15) is 5.25 Å². The molecule has 0 unspecified atom stereocenters. The zero-order chi connectivity index (χ0) is 19.5. The summed E-state index contributed by atoms with van der Waals surface area (Å²) in [6.45, 7) is 2.11. The number of amides is 1. The van der Waals surface area contributed by atoms with E-state index in [1.807, 2.05) is 35.0 Å². The molecule has 0 bridgehead atoms. The summed E-state index contributed by atoms with van der Waals surface area (Å²) in [6.07, 6.45) is 1.80. The third kappa shape index (κ3) is 3.86. The van der Waals surface area contributed by atoms with Crippen LogP contribution in [0, 0.1) is 0 Å². The standard InChI is InChI=1S/C20H20ClN5OS/c1-2-6-16-23-24-20-26(16)25-17(13-7-4-3-5-8-13)18(28-20)19(27)22-15-11-9-14(21)10-12-15/h3-5,7-12,17-18,25H,2,6H2,1H3,(H,22,27)/t17-,18+/m1/s1. The number of halogens is 1. The van der Waals surface area contributed by atoms with Crippen LogP contribution in [0.4, 0.5) is 5.69 Å². The molecule has 4 rings (SSSR count). The second-order valence-electron chi connectivity index (χ2n) is 6.54. The topological polar surface area (TPSA) is 71.8 Å². The molecule has 0 saturated heterocycles. The molecule has 1 amide bonds. The summed E-state index contributed by atoms with van der Waals surface area (Å²) in [5, 5.41) is 12.5. The smallest absolute Gasteiger partial charge is 0.240 e. The number of hydrogen-bond donors (Lipinski definition) is 2. The zero-order valence-corrected chi connectivity index (χ0v) is 16.9. The summed E-state index contributed by atoms with van der Waals surface area (Å²) < 4.78 is 1.91. The minimum Gasteiger partial charge on any atom is -0.325 e. The fourth-order valence-electron chi connectivity index (χ4n) is 3.14. The van der Waals surface area contributed by atoms with E-state index in [9.17, 15) is 4.79 Å². The molecule has 144 valence electrons. The Balaban J connectivity index is 1.64. The van der Waals surface area contributed by atoms with E-state index in [0.717, 1.165) is 24.2 Å². The molecule has 2 N–H and O–H groups in total. The number of aromatic nitrogens is 3. The molecule has 0 radical (unpaired) electrons. The maximum atomic E-state index is 13.1. The third-order valence-corrected chi connectivity index (χ3v) is 5.97. The molecule has 0 saturated carbocycles. The van der Waals surface area contributed by atoms with Gasteiger partial charge in [-0.2, -0.15) is 0 Å². The van der Waals surface area contributed by atoms with Gasteiger partial charge in [0, 0.05) is 17.1 Å². The van der Waals surface area contributed by atoms with Gasteiger partial charge in [0.15, 0.2) is 5.82 Å². The van der Waals surface area contributed by atoms with Crippen LogP contribution < -0.4 is 10.7 Å². The molecule has 0 fully saturated rings. The predicted octanol–water partition coefficient (Wildman–Crippen LogP) is 4.28. The van der Waals surface area contributed by atoms with Crippen molar-refractivity contribution in [3.63, 3.8) is 0 Å². The average molecular weight is 414 g/mol. The number of benzene rings is 2. The Bertz CT molecular complexity index is 960. The molecule has 0 spiro atoms. The predicted molar refractivity (Wildman–Crippen MR) is 112 cm³/mol. The maximum absolute atomic E-state index is 13.1. The van der Waals surface area contributed by atoms with E-state index in [1.165, 1.54) is 11.8 Å². The highest BCUT2D eigenvalue weighted by molar-refractivity contribution is 8.00. The van der Waals surface area contributed by atoms with Crippen LogP contribution in [0.25, 0.3) is 0 Å². The highest BCUT2D eigenvalue weighted by atomic mass is 35.5. The Morgan fingerprint density at radius 1 is 1.18 bits per heavy atom. The number of anilines is 1. The molecule has 2 aromatic carbocycles. The summed E-state index contributed by atoms with van der Waals surface area (Å²) in [6, 6.07) is 16.9. The van der Waals surface area contributed by atoms with Crippen molar-refractivity contribution in [2.75, 3.05) is 10.7 Å². The minimum atomic E-state index is -0.399. The zero-order valence-electron chi connectivity index (χ0n) is 15.3. The Morgan fingerprint density at radius 3 is 2.64 bits per heavy atom. The lowest BCUT2D eigenvalue weighted by molar-refractivity contribution is -0.116. The molecule has 1 aliphatic rings. The van der Waals surface area contributed by atoms with Gasteiger partial charge in [0.2, 0.25) is 11.1 Å². The first kappa shape index (κ1) is 18.8. The number of aryl methyl sites for hydroxylation is 1. The summed E-state index contributed by atoms with van der Waals surface area (Å²) in [5.74, 6) is 0.780. The lowest BCUT2D eigenvalue weighted by atomic mass is 10.0. The van der Waals surface area contributed by atoms with Crippen LogP contribution in [0.15, 0.2) is 59.8 Å². The van der Waals surface area contributed by atoms with Crippen LogP contribution >= 0.6 is 23.4 Å². The number of fused-ring (bicyclic) bond motifs is 1. The molecule has 6 nitrogen and oxygen atoms in total. The van der Waals surface area contributed by atoms with Gasteiger partial charge < -0.3 is 10.7 Å². The molecule has 2 heterocycles. The van der Waals surface area contributed by atoms with E-state index >= 15 is 0 Å². The Morgan fingerprint density at radius 2 is 1.93 bits per heavy atom. The fourth-order valence-corrected chi connectivity index (χ4v) is 4.37. The van der Waals surface area contributed by atoms with E-state index in [0.29, 0.717) is 15.9 Å².